The Morgan fingerprint density at radius 1 is 0.977 bits per heavy atom. The molecule has 234 valence electrons. The number of nitrogens with zero attached hydrogens (tertiary/aromatic N) is 5. The van der Waals surface area contributed by atoms with E-state index in [1.807, 2.05) is 18.2 Å². The molecule has 0 atom stereocenters. The second-order valence-electron chi connectivity index (χ2n) is 9.59. The summed E-state index contributed by atoms with van der Waals surface area (Å²) in [5.41, 5.74) is 3.35. The largest absolute Gasteiger partial charge is 0.495 e. The number of anilines is 6. The monoisotopic (exact) mass is 662 g/mol. The Kier molecular flexibility index (Phi) is 11.3. The molecule has 4 rings (SSSR count). The molecule has 15 heteroatoms. The van der Waals surface area contributed by atoms with Crippen molar-refractivity contribution in [1.29, 1.82) is 0 Å². The lowest BCUT2D eigenvalue weighted by Crippen LogP contribution is -2.46. The third-order valence-electron chi connectivity index (χ3n) is 7.03. The van der Waals surface area contributed by atoms with Crippen molar-refractivity contribution < 1.29 is 19.1 Å². The van der Waals surface area contributed by atoms with Crippen LogP contribution in [0.4, 0.5) is 39.2 Å². The minimum atomic E-state index is -0.581. The lowest BCUT2D eigenvalue weighted by atomic mass is 10.2. The third kappa shape index (κ3) is 7.75. The zero-order valence-electron chi connectivity index (χ0n) is 24.7. The van der Waals surface area contributed by atoms with Gasteiger partial charge in [0.1, 0.15) is 39.5 Å². The van der Waals surface area contributed by atoms with Crippen molar-refractivity contribution in [2.45, 2.75) is 6.92 Å². The van der Waals surface area contributed by atoms with Gasteiger partial charge in [-0.3, -0.25) is 9.69 Å². The first kappa shape index (κ1) is 32.9. The number of amides is 3. The number of hydrogen-bond acceptors (Lipinski definition) is 9. The summed E-state index contributed by atoms with van der Waals surface area (Å²) in [6.45, 7) is 6.83. The van der Waals surface area contributed by atoms with Gasteiger partial charge in [-0.05, 0) is 24.7 Å². The van der Waals surface area contributed by atoms with Crippen molar-refractivity contribution in [1.82, 2.24) is 14.9 Å². The van der Waals surface area contributed by atoms with E-state index in [1.54, 1.807) is 6.07 Å². The molecule has 3 aromatic rings. The summed E-state index contributed by atoms with van der Waals surface area (Å²) >= 11 is 18.5. The molecule has 0 aliphatic carbocycles. The molecular formula is C29H33Cl3N8O4. The fourth-order valence-electron chi connectivity index (χ4n) is 4.52. The van der Waals surface area contributed by atoms with Crippen molar-refractivity contribution >= 4 is 81.1 Å². The summed E-state index contributed by atoms with van der Waals surface area (Å²) in [5, 5.41) is 9.00. The van der Waals surface area contributed by atoms with E-state index < -0.39 is 6.03 Å². The Balaban J connectivity index is 1.56. The lowest BCUT2D eigenvalue weighted by Gasteiger charge is -2.35. The average Bonchev–Trinajstić information content (AvgIpc) is 3.04. The maximum atomic E-state index is 13.2. The van der Waals surface area contributed by atoms with Gasteiger partial charge in [-0.2, -0.15) is 0 Å². The smallest absolute Gasteiger partial charge is 0.327 e. The molecule has 1 saturated heterocycles. The molecule has 3 amide bonds. The van der Waals surface area contributed by atoms with Gasteiger partial charge in [0.05, 0.1) is 31.3 Å². The summed E-state index contributed by atoms with van der Waals surface area (Å²) in [6, 6.07) is 8.27. The SMILES string of the molecule is CCN1CCN(c2ccc(Nc3cc(N(C)C(=O)Nc4c(Cl)c(OC)cc(OC)c4Cl)ncn3)c(NC(=O)C=CCl)c2)CC1. The van der Waals surface area contributed by atoms with E-state index in [2.05, 4.69) is 42.6 Å². The van der Waals surface area contributed by atoms with E-state index in [0.717, 1.165) is 43.9 Å². The van der Waals surface area contributed by atoms with Crippen LogP contribution >= 0.6 is 34.8 Å². The first-order chi connectivity index (χ1) is 21.2. The van der Waals surface area contributed by atoms with Gasteiger partial charge in [0.2, 0.25) is 5.91 Å². The van der Waals surface area contributed by atoms with Gasteiger partial charge < -0.3 is 35.2 Å². The first-order valence-corrected chi connectivity index (χ1v) is 14.8. The van der Waals surface area contributed by atoms with E-state index >= 15 is 0 Å². The topological polar surface area (TPSA) is 124 Å². The van der Waals surface area contributed by atoms with Crippen molar-refractivity contribution in [3.63, 3.8) is 0 Å². The van der Waals surface area contributed by atoms with Crippen molar-refractivity contribution in [3.05, 3.63) is 58.3 Å². The first-order valence-electron chi connectivity index (χ1n) is 13.6. The molecule has 12 nitrogen and oxygen atoms in total. The second-order valence-corrected chi connectivity index (χ2v) is 10.6. The molecule has 1 aromatic heterocycles. The molecule has 1 aliphatic heterocycles. The zero-order valence-corrected chi connectivity index (χ0v) is 26.9. The Morgan fingerprint density at radius 2 is 1.66 bits per heavy atom. The third-order valence-corrected chi connectivity index (χ3v) is 7.91. The number of rotatable bonds is 10. The minimum absolute atomic E-state index is 0.111. The fraction of sp³-hybridized carbons (Fsp3) is 0.310. The van der Waals surface area contributed by atoms with Crippen LogP contribution in [0.2, 0.25) is 10.0 Å². The Bertz CT molecular complexity index is 1500. The summed E-state index contributed by atoms with van der Waals surface area (Å²) in [7, 11) is 4.40. The maximum Gasteiger partial charge on any atom is 0.327 e. The van der Waals surface area contributed by atoms with Crippen LogP contribution in [-0.2, 0) is 4.79 Å². The molecular weight excluding hydrogens is 631 g/mol. The molecule has 0 spiro atoms. The van der Waals surface area contributed by atoms with E-state index in [1.165, 1.54) is 44.6 Å². The number of aromatic nitrogens is 2. The molecule has 0 saturated carbocycles. The molecule has 2 heterocycles. The van der Waals surface area contributed by atoms with Crippen LogP contribution in [-0.4, -0.2) is 80.8 Å². The molecule has 44 heavy (non-hydrogen) atoms. The predicted octanol–water partition coefficient (Wildman–Crippen LogP) is 6.05. The van der Waals surface area contributed by atoms with Gasteiger partial charge in [-0.1, -0.05) is 41.7 Å². The van der Waals surface area contributed by atoms with Gasteiger partial charge in [0.25, 0.3) is 0 Å². The number of urea groups is 1. The van der Waals surface area contributed by atoms with Gasteiger partial charge in [0.15, 0.2) is 0 Å². The summed E-state index contributed by atoms with van der Waals surface area (Å²) in [6.07, 6.45) is 2.54. The maximum absolute atomic E-state index is 13.2. The number of likely N-dealkylation sites (N-methyl/N-ethyl adjacent to an activating group) is 1. The lowest BCUT2D eigenvalue weighted by molar-refractivity contribution is -0.111. The molecule has 0 unspecified atom stereocenters. The quantitative estimate of drug-likeness (QED) is 0.223. The second kappa shape index (κ2) is 15.2. The number of carbonyl (C=O) groups is 2. The number of nitrogens with one attached hydrogen (secondary N) is 3. The van der Waals surface area contributed by atoms with Crippen LogP contribution in [0.15, 0.2) is 48.3 Å². The molecule has 2 aromatic carbocycles. The van der Waals surface area contributed by atoms with E-state index in [4.69, 9.17) is 44.3 Å². The highest BCUT2D eigenvalue weighted by Crippen LogP contribution is 2.44. The Morgan fingerprint density at radius 3 is 2.27 bits per heavy atom. The number of halogens is 3. The Labute approximate surface area is 270 Å². The average molecular weight is 664 g/mol. The molecule has 1 aliphatic rings. The molecule has 3 N–H and O–H groups in total. The van der Waals surface area contributed by atoms with Crippen LogP contribution in [0.25, 0.3) is 0 Å². The van der Waals surface area contributed by atoms with Crippen LogP contribution in [0.5, 0.6) is 11.5 Å². The minimum Gasteiger partial charge on any atom is -0.495 e. The van der Waals surface area contributed by atoms with E-state index in [9.17, 15) is 9.59 Å². The van der Waals surface area contributed by atoms with Gasteiger partial charge in [-0.25, -0.2) is 14.8 Å². The fourth-order valence-corrected chi connectivity index (χ4v) is 5.23. The van der Waals surface area contributed by atoms with Crippen molar-refractivity contribution in [2.24, 2.45) is 0 Å². The highest BCUT2D eigenvalue weighted by molar-refractivity contribution is 6.41. The zero-order chi connectivity index (χ0) is 31.8. The number of benzene rings is 2. The number of methoxy groups -OCH3 is 2. The van der Waals surface area contributed by atoms with Crippen LogP contribution < -0.4 is 35.2 Å². The normalized spacial score (nSPS) is 13.5. The van der Waals surface area contributed by atoms with E-state index in [0.29, 0.717) is 17.2 Å². The van der Waals surface area contributed by atoms with Crippen molar-refractivity contribution in [2.75, 3.05) is 79.7 Å². The van der Waals surface area contributed by atoms with Gasteiger partial charge >= 0.3 is 6.03 Å². The van der Waals surface area contributed by atoms with Crippen LogP contribution in [0.1, 0.15) is 6.92 Å². The molecule has 1 fully saturated rings. The van der Waals surface area contributed by atoms with Crippen LogP contribution in [0.3, 0.4) is 0 Å². The summed E-state index contributed by atoms with van der Waals surface area (Å²) in [5.74, 6) is 0.808. The highest BCUT2D eigenvalue weighted by atomic mass is 35.5. The van der Waals surface area contributed by atoms with E-state index in [-0.39, 0.29) is 39.0 Å². The predicted molar refractivity (Wildman–Crippen MR) is 177 cm³/mol. The number of carbonyl (C=O) groups excluding carboxylic acids is 2. The number of hydrogen-bond donors (Lipinski definition) is 3. The van der Waals surface area contributed by atoms with Gasteiger partial charge in [-0.15, -0.1) is 0 Å². The standard InChI is InChI=1S/C29H33Cl3N8O4/c1-5-39-10-12-40(13-11-39)18-6-7-19(20(14-18)36-25(41)8-9-30)35-23-16-24(34-17-33-23)38(2)29(42)37-28-26(31)21(43-3)15-22(44-4)27(28)32/h6-9,14-17H,5,10-13H2,1-4H3,(H,36,41)(H,37,42)(H,33,34,35). The van der Waals surface area contributed by atoms with Crippen LogP contribution in [0, 0.1) is 0 Å². The summed E-state index contributed by atoms with van der Waals surface area (Å²) in [4.78, 5) is 40.1. The number of ether oxygens (including phenoxy) is 2. The molecule has 0 radical (unpaired) electrons. The van der Waals surface area contributed by atoms with Crippen molar-refractivity contribution in [3.8, 4) is 11.5 Å². The highest BCUT2D eigenvalue weighted by Gasteiger charge is 2.22. The number of piperazine rings is 1. The van der Waals surface area contributed by atoms with Gasteiger partial charge in [0, 0.05) is 62.7 Å². The Hall–Kier alpha value is -3.97. The summed E-state index contributed by atoms with van der Waals surface area (Å²) < 4.78 is 10.5. The molecule has 0 bridgehead atoms.